The van der Waals surface area contributed by atoms with Gasteiger partial charge >= 0.3 is 0 Å². The number of thioether (sulfide) groups is 1. The molecule has 0 aromatic carbocycles. The summed E-state index contributed by atoms with van der Waals surface area (Å²) in [6, 6.07) is 0.280. The van der Waals surface area contributed by atoms with Crippen LogP contribution in [-0.4, -0.2) is 35.5 Å². The number of hydrogen-bond acceptors (Lipinski definition) is 4. The molecule has 18 heavy (non-hydrogen) atoms. The van der Waals surface area contributed by atoms with E-state index in [1.54, 1.807) is 0 Å². The van der Waals surface area contributed by atoms with Gasteiger partial charge in [0.25, 0.3) is 0 Å². The molecule has 0 aromatic rings. The van der Waals surface area contributed by atoms with E-state index >= 15 is 0 Å². The number of rotatable bonds is 3. The van der Waals surface area contributed by atoms with Crippen molar-refractivity contribution in [3.63, 3.8) is 0 Å². The molecule has 5 heteroatoms. The van der Waals surface area contributed by atoms with Crippen LogP contribution in [0.5, 0.6) is 0 Å². The first-order chi connectivity index (χ1) is 8.42. The molecule has 1 saturated heterocycles. The largest absolute Gasteiger partial charge is 0.363 e. The number of hydrogen-bond donors (Lipinski definition) is 2. The first-order valence-corrected chi connectivity index (χ1v) is 7.55. The smallest absolute Gasteiger partial charge is 0.220 e. The minimum absolute atomic E-state index is 0.174. The summed E-state index contributed by atoms with van der Waals surface area (Å²) in [5, 5.41) is 7.97. The number of nitrogens with one attached hydrogen (secondary N) is 2. The van der Waals surface area contributed by atoms with Gasteiger partial charge in [-0.15, -0.1) is 0 Å². The molecule has 2 rings (SSSR count). The second kappa shape index (κ2) is 5.51. The van der Waals surface area contributed by atoms with E-state index in [-0.39, 0.29) is 11.9 Å². The predicted octanol–water partition coefficient (Wildman–Crippen LogP) is 1.76. The van der Waals surface area contributed by atoms with Crippen molar-refractivity contribution < 1.29 is 4.79 Å². The van der Waals surface area contributed by atoms with Crippen molar-refractivity contribution in [1.29, 1.82) is 0 Å². The van der Waals surface area contributed by atoms with Gasteiger partial charge in [-0.05, 0) is 18.3 Å². The number of carbonyl (C=O) groups excluding carboxylic acids is 1. The molecule has 2 atom stereocenters. The quantitative estimate of drug-likeness (QED) is 0.821. The fraction of sp³-hybridized carbons (Fsp3) is 0.846. The second-order valence-corrected chi connectivity index (χ2v) is 7.62. The molecule has 1 amide bonds. The maximum atomic E-state index is 11.1. The Balaban J connectivity index is 1.68. The standard InChI is InChI=1S/C13H23N3OS/c1-13(2,3)6-10-8-15-12(18-10)14-7-9-4-5-11(17)16-9/h9-10H,4-8H2,1-3H3,(H,14,15)(H,16,17). The van der Waals surface area contributed by atoms with E-state index in [4.69, 9.17) is 0 Å². The fourth-order valence-electron chi connectivity index (χ4n) is 2.34. The summed E-state index contributed by atoms with van der Waals surface area (Å²) in [4.78, 5) is 15.6. The third-order valence-corrected chi connectivity index (χ3v) is 4.29. The molecule has 2 aliphatic heterocycles. The van der Waals surface area contributed by atoms with Gasteiger partial charge in [0.1, 0.15) is 0 Å². The Morgan fingerprint density at radius 2 is 2.28 bits per heavy atom. The van der Waals surface area contributed by atoms with E-state index < -0.39 is 0 Å². The average molecular weight is 269 g/mol. The van der Waals surface area contributed by atoms with Crippen LogP contribution < -0.4 is 10.6 Å². The number of aliphatic imine (C=N–C) groups is 1. The van der Waals surface area contributed by atoms with Gasteiger partial charge < -0.3 is 10.6 Å². The molecule has 2 unspecified atom stereocenters. The topological polar surface area (TPSA) is 53.5 Å². The zero-order valence-electron chi connectivity index (χ0n) is 11.5. The van der Waals surface area contributed by atoms with E-state index in [1.165, 1.54) is 6.42 Å². The maximum Gasteiger partial charge on any atom is 0.220 e. The number of carbonyl (C=O) groups is 1. The van der Waals surface area contributed by atoms with Crippen LogP contribution in [0.15, 0.2) is 4.99 Å². The predicted molar refractivity (Wildman–Crippen MR) is 76.9 cm³/mol. The highest BCUT2D eigenvalue weighted by Gasteiger charge is 2.26. The zero-order valence-corrected chi connectivity index (χ0v) is 12.3. The van der Waals surface area contributed by atoms with Crippen LogP contribution >= 0.6 is 11.8 Å². The number of amidine groups is 1. The van der Waals surface area contributed by atoms with E-state index in [2.05, 4.69) is 36.4 Å². The lowest BCUT2D eigenvalue weighted by Gasteiger charge is -2.21. The van der Waals surface area contributed by atoms with Crippen molar-refractivity contribution in [1.82, 2.24) is 10.6 Å². The SMILES string of the molecule is CC(C)(C)CC1CN=C(NCC2CCC(=O)N2)S1. The zero-order chi connectivity index (χ0) is 13.2. The number of amides is 1. The van der Waals surface area contributed by atoms with Gasteiger partial charge in [0, 0.05) is 24.3 Å². The average Bonchev–Trinajstić information content (AvgIpc) is 2.82. The molecule has 0 bridgehead atoms. The highest BCUT2D eigenvalue weighted by atomic mass is 32.2. The minimum Gasteiger partial charge on any atom is -0.363 e. The molecule has 0 spiro atoms. The van der Waals surface area contributed by atoms with Gasteiger partial charge in [0.05, 0.1) is 6.54 Å². The van der Waals surface area contributed by atoms with Crippen molar-refractivity contribution in [2.75, 3.05) is 13.1 Å². The lowest BCUT2D eigenvalue weighted by atomic mass is 9.90. The van der Waals surface area contributed by atoms with Crippen LogP contribution in [0.25, 0.3) is 0 Å². The second-order valence-electron chi connectivity index (χ2n) is 6.33. The van der Waals surface area contributed by atoms with Crippen LogP contribution in [0, 0.1) is 5.41 Å². The Kier molecular flexibility index (Phi) is 4.20. The summed E-state index contributed by atoms with van der Waals surface area (Å²) in [5.74, 6) is 0.174. The Hall–Kier alpha value is -0.710. The maximum absolute atomic E-state index is 11.1. The van der Waals surface area contributed by atoms with Gasteiger partial charge in [-0.1, -0.05) is 32.5 Å². The lowest BCUT2D eigenvalue weighted by Crippen LogP contribution is -2.37. The molecule has 0 aromatic heterocycles. The molecule has 0 saturated carbocycles. The van der Waals surface area contributed by atoms with E-state index in [0.29, 0.717) is 17.1 Å². The molecule has 4 nitrogen and oxygen atoms in total. The molecular formula is C13H23N3OS. The van der Waals surface area contributed by atoms with Crippen molar-refractivity contribution in [3.8, 4) is 0 Å². The van der Waals surface area contributed by atoms with Gasteiger partial charge in [0.2, 0.25) is 5.91 Å². The first-order valence-electron chi connectivity index (χ1n) is 6.67. The summed E-state index contributed by atoms with van der Waals surface area (Å²) in [7, 11) is 0. The summed E-state index contributed by atoms with van der Waals surface area (Å²) in [6.45, 7) is 8.54. The van der Waals surface area contributed by atoms with Crippen LogP contribution in [0.3, 0.4) is 0 Å². The Labute approximate surface area is 113 Å². The molecule has 0 aliphatic carbocycles. The van der Waals surface area contributed by atoms with Crippen LogP contribution in [0.1, 0.15) is 40.0 Å². The van der Waals surface area contributed by atoms with Crippen molar-refractivity contribution in [2.45, 2.75) is 51.3 Å². The molecule has 2 aliphatic rings. The van der Waals surface area contributed by atoms with E-state index in [1.807, 2.05) is 11.8 Å². The Morgan fingerprint density at radius 1 is 1.50 bits per heavy atom. The first kappa shape index (κ1) is 13.7. The molecule has 2 heterocycles. The summed E-state index contributed by atoms with van der Waals surface area (Å²) < 4.78 is 0. The van der Waals surface area contributed by atoms with Crippen molar-refractivity contribution in [2.24, 2.45) is 10.4 Å². The molecular weight excluding hydrogens is 246 g/mol. The van der Waals surface area contributed by atoms with E-state index in [9.17, 15) is 4.79 Å². The third kappa shape index (κ3) is 4.19. The third-order valence-electron chi connectivity index (χ3n) is 3.14. The monoisotopic (exact) mass is 269 g/mol. The minimum atomic E-state index is 0.174. The highest BCUT2D eigenvalue weighted by molar-refractivity contribution is 8.14. The van der Waals surface area contributed by atoms with Crippen LogP contribution in [0.2, 0.25) is 0 Å². The van der Waals surface area contributed by atoms with Crippen LogP contribution in [-0.2, 0) is 4.79 Å². The molecule has 2 N–H and O–H groups in total. The van der Waals surface area contributed by atoms with Gasteiger partial charge in [-0.2, -0.15) is 0 Å². The van der Waals surface area contributed by atoms with Gasteiger partial charge in [-0.25, -0.2) is 0 Å². The highest BCUT2D eigenvalue weighted by Crippen LogP contribution is 2.31. The lowest BCUT2D eigenvalue weighted by molar-refractivity contribution is -0.119. The Morgan fingerprint density at radius 3 is 2.89 bits per heavy atom. The number of nitrogens with zero attached hydrogens (tertiary/aromatic N) is 1. The summed E-state index contributed by atoms with van der Waals surface area (Å²) in [5.41, 5.74) is 0.363. The fourth-order valence-corrected chi connectivity index (χ4v) is 3.71. The van der Waals surface area contributed by atoms with E-state index in [0.717, 1.165) is 24.7 Å². The Bertz CT molecular complexity index is 349. The van der Waals surface area contributed by atoms with Crippen molar-refractivity contribution >= 4 is 22.8 Å². The molecule has 0 radical (unpaired) electrons. The van der Waals surface area contributed by atoms with Crippen molar-refractivity contribution in [3.05, 3.63) is 0 Å². The summed E-state index contributed by atoms with van der Waals surface area (Å²) >= 11 is 1.85. The van der Waals surface area contributed by atoms with Crippen LogP contribution in [0.4, 0.5) is 0 Å². The normalized spacial score (nSPS) is 28.2. The molecule has 1 fully saturated rings. The van der Waals surface area contributed by atoms with Gasteiger partial charge in [0.15, 0.2) is 5.17 Å². The summed E-state index contributed by atoms with van der Waals surface area (Å²) in [6.07, 6.45) is 2.79. The molecule has 102 valence electrons. The van der Waals surface area contributed by atoms with Gasteiger partial charge in [-0.3, -0.25) is 9.79 Å².